The molecule has 112 valence electrons. The zero-order chi connectivity index (χ0) is 15.1. The van der Waals surface area contributed by atoms with Crippen LogP contribution >= 0.6 is 11.3 Å². The summed E-state index contributed by atoms with van der Waals surface area (Å²) in [6.45, 7) is 2.84. The lowest BCUT2D eigenvalue weighted by Crippen LogP contribution is -2.38. The quantitative estimate of drug-likeness (QED) is 0.768. The van der Waals surface area contributed by atoms with Gasteiger partial charge in [-0.15, -0.1) is 0 Å². The second-order valence-corrected chi connectivity index (χ2v) is 5.73. The van der Waals surface area contributed by atoms with Crippen molar-refractivity contribution in [3.8, 4) is 0 Å². The first-order valence-electron chi connectivity index (χ1n) is 6.92. The molecule has 5 heteroatoms. The molecule has 2 aromatic rings. The highest BCUT2D eigenvalue weighted by Gasteiger charge is 2.09. The van der Waals surface area contributed by atoms with Crippen LogP contribution in [0.2, 0.25) is 0 Å². The number of amides is 2. The van der Waals surface area contributed by atoms with Crippen molar-refractivity contribution in [3.05, 3.63) is 57.8 Å². The highest BCUT2D eigenvalue weighted by atomic mass is 32.1. The lowest BCUT2D eigenvalue weighted by atomic mass is 10.1. The van der Waals surface area contributed by atoms with Gasteiger partial charge in [-0.2, -0.15) is 11.3 Å². The highest BCUT2D eigenvalue weighted by Crippen LogP contribution is 2.14. The molecule has 1 atom stereocenters. The summed E-state index contributed by atoms with van der Waals surface area (Å²) < 4.78 is 0. The zero-order valence-corrected chi connectivity index (χ0v) is 12.8. The summed E-state index contributed by atoms with van der Waals surface area (Å²) in [5.41, 5.74) is 3.25. The second kappa shape index (κ2) is 7.81. The number of rotatable bonds is 6. The third-order valence-electron chi connectivity index (χ3n) is 3.17. The molecule has 0 aliphatic rings. The van der Waals surface area contributed by atoms with Gasteiger partial charge < -0.3 is 15.7 Å². The van der Waals surface area contributed by atoms with Crippen LogP contribution < -0.4 is 10.6 Å². The molecule has 2 amide bonds. The Morgan fingerprint density at radius 3 is 2.90 bits per heavy atom. The molecule has 1 heterocycles. The van der Waals surface area contributed by atoms with Gasteiger partial charge in [-0.3, -0.25) is 0 Å². The molecule has 0 saturated carbocycles. The molecular weight excluding hydrogens is 284 g/mol. The maximum Gasteiger partial charge on any atom is 0.314 e. The van der Waals surface area contributed by atoms with Crippen molar-refractivity contribution in [2.45, 2.75) is 19.4 Å². The molecule has 0 bridgehead atoms. The van der Waals surface area contributed by atoms with Gasteiger partial charge in [0, 0.05) is 13.1 Å². The molecule has 0 aliphatic carbocycles. The van der Waals surface area contributed by atoms with Gasteiger partial charge >= 0.3 is 6.03 Å². The number of aryl methyl sites for hydroxylation is 1. The number of urea groups is 1. The van der Waals surface area contributed by atoms with E-state index in [1.165, 1.54) is 22.5 Å². The summed E-state index contributed by atoms with van der Waals surface area (Å²) >= 11 is 1.53. The Hall–Kier alpha value is -1.85. The summed E-state index contributed by atoms with van der Waals surface area (Å²) in [7, 11) is 0. The molecular formula is C16H20N2O2S. The maximum absolute atomic E-state index is 11.6. The minimum Gasteiger partial charge on any atom is -0.387 e. The highest BCUT2D eigenvalue weighted by molar-refractivity contribution is 7.07. The first-order chi connectivity index (χ1) is 10.1. The van der Waals surface area contributed by atoms with E-state index in [4.69, 9.17) is 0 Å². The Bertz CT molecular complexity index is 569. The van der Waals surface area contributed by atoms with Gasteiger partial charge in [-0.05, 0) is 41.3 Å². The summed E-state index contributed by atoms with van der Waals surface area (Å²) in [6.07, 6.45) is 0.140. The third-order valence-corrected chi connectivity index (χ3v) is 3.87. The van der Waals surface area contributed by atoms with Crippen molar-refractivity contribution in [3.63, 3.8) is 0 Å². The minimum atomic E-state index is -0.654. The number of thiophene rings is 1. The van der Waals surface area contributed by atoms with E-state index >= 15 is 0 Å². The van der Waals surface area contributed by atoms with E-state index in [1.54, 1.807) is 0 Å². The van der Waals surface area contributed by atoms with Gasteiger partial charge in [0.25, 0.3) is 0 Å². The van der Waals surface area contributed by atoms with Crippen molar-refractivity contribution in [2.75, 3.05) is 13.1 Å². The van der Waals surface area contributed by atoms with Gasteiger partial charge in [0.1, 0.15) is 0 Å². The molecule has 1 aromatic heterocycles. The summed E-state index contributed by atoms with van der Waals surface area (Å²) in [5, 5.41) is 19.1. The van der Waals surface area contributed by atoms with Gasteiger partial charge in [-0.25, -0.2) is 4.79 Å². The lowest BCUT2D eigenvalue weighted by molar-refractivity contribution is 0.173. The predicted molar refractivity (Wildman–Crippen MR) is 85.6 cm³/mol. The minimum absolute atomic E-state index is 0.215. The molecule has 1 unspecified atom stereocenters. The summed E-state index contributed by atoms with van der Waals surface area (Å²) in [5.74, 6) is 0. The van der Waals surface area contributed by atoms with Crippen LogP contribution in [-0.2, 0) is 6.42 Å². The van der Waals surface area contributed by atoms with Crippen molar-refractivity contribution >= 4 is 17.4 Å². The summed E-state index contributed by atoms with van der Waals surface area (Å²) in [4.78, 5) is 11.6. The van der Waals surface area contributed by atoms with Crippen LogP contribution in [0.4, 0.5) is 4.79 Å². The number of hydrogen-bond acceptors (Lipinski definition) is 3. The van der Waals surface area contributed by atoms with E-state index in [9.17, 15) is 9.90 Å². The van der Waals surface area contributed by atoms with Crippen molar-refractivity contribution in [1.82, 2.24) is 10.6 Å². The number of hydrogen-bond donors (Lipinski definition) is 3. The molecule has 1 aromatic carbocycles. The van der Waals surface area contributed by atoms with Gasteiger partial charge in [0.2, 0.25) is 0 Å². The van der Waals surface area contributed by atoms with E-state index in [2.05, 4.69) is 29.7 Å². The number of benzene rings is 1. The standard InChI is InChI=1S/C16H20N2O2S/c1-12-3-2-4-13(9-12)5-7-17-16(20)18-10-15(19)14-6-8-21-11-14/h2-4,6,8-9,11,15,19H,5,7,10H2,1H3,(H2,17,18,20). The fourth-order valence-corrected chi connectivity index (χ4v) is 2.73. The number of aliphatic hydroxyl groups is 1. The third kappa shape index (κ3) is 5.21. The van der Waals surface area contributed by atoms with Crippen LogP contribution in [0, 0.1) is 6.92 Å². The Morgan fingerprint density at radius 1 is 1.33 bits per heavy atom. The average Bonchev–Trinajstić information content (AvgIpc) is 2.99. The Labute approximate surface area is 128 Å². The molecule has 21 heavy (non-hydrogen) atoms. The van der Waals surface area contributed by atoms with Gasteiger partial charge in [0.15, 0.2) is 0 Å². The predicted octanol–water partition coefficient (Wildman–Crippen LogP) is 2.63. The molecule has 0 fully saturated rings. The van der Waals surface area contributed by atoms with E-state index in [0.29, 0.717) is 6.54 Å². The molecule has 0 saturated heterocycles. The monoisotopic (exact) mass is 304 g/mol. The number of aliphatic hydroxyl groups excluding tert-OH is 1. The molecule has 2 rings (SSSR count). The Morgan fingerprint density at radius 2 is 2.19 bits per heavy atom. The first kappa shape index (κ1) is 15.5. The van der Waals surface area contributed by atoms with E-state index < -0.39 is 6.10 Å². The van der Waals surface area contributed by atoms with E-state index in [0.717, 1.165) is 12.0 Å². The average molecular weight is 304 g/mol. The molecule has 4 nitrogen and oxygen atoms in total. The normalized spacial score (nSPS) is 11.9. The fraction of sp³-hybridized carbons (Fsp3) is 0.312. The molecule has 0 radical (unpaired) electrons. The molecule has 0 spiro atoms. The lowest BCUT2D eigenvalue weighted by Gasteiger charge is -2.11. The zero-order valence-electron chi connectivity index (χ0n) is 12.0. The van der Waals surface area contributed by atoms with E-state index in [-0.39, 0.29) is 12.6 Å². The van der Waals surface area contributed by atoms with Crippen LogP contribution in [-0.4, -0.2) is 24.2 Å². The Balaban J connectivity index is 1.66. The summed E-state index contributed by atoms with van der Waals surface area (Å²) in [6, 6.07) is 9.83. The molecule has 3 N–H and O–H groups in total. The topological polar surface area (TPSA) is 61.4 Å². The van der Waals surface area contributed by atoms with Crippen LogP contribution in [0.1, 0.15) is 22.8 Å². The Kier molecular flexibility index (Phi) is 5.78. The second-order valence-electron chi connectivity index (χ2n) is 4.95. The van der Waals surface area contributed by atoms with Crippen LogP contribution in [0.5, 0.6) is 0 Å². The largest absolute Gasteiger partial charge is 0.387 e. The van der Waals surface area contributed by atoms with Crippen LogP contribution in [0.25, 0.3) is 0 Å². The SMILES string of the molecule is Cc1cccc(CCNC(=O)NCC(O)c2ccsc2)c1. The van der Waals surface area contributed by atoms with Crippen molar-refractivity contribution in [1.29, 1.82) is 0 Å². The van der Waals surface area contributed by atoms with E-state index in [1.807, 2.05) is 29.0 Å². The molecule has 0 aliphatic heterocycles. The maximum atomic E-state index is 11.6. The number of carbonyl (C=O) groups is 1. The smallest absolute Gasteiger partial charge is 0.314 e. The number of carbonyl (C=O) groups excluding carboxylic acids is 1. The van der Waals surface area contributed by atoms with Gasteiger partial charge in [-0.1, -0.05) is 29.8 Å². The van der Waals surface area contributed by atoms with Gasteiger partial charge in [0.05, 0.1) is 6.10 Å². The van der Waals surface area contributed by atoms with Crippen molar-refractivity contribution < 1.29 is 9.90 Å². The van der Waals surface area contributed by atoms with Crippen LogP contribution in [0.15, 0.2) is 41.1 Å². The first-order valence-corrected chi connectivity index (χ1v) is 7.87. The fourth-order valence-electron chi connectivity index (χ4n) is 2.02. The number of nitrogens with one attached hydrogen (secondary N) is 2. The van der Waals surface area contributed by atoms with Crippen molar-refractivity contribution in [2.24, 2.45) is 0 Å². The van der Waals surface area contributed by atoms with Crippen LogP contribution in [0.3, 0.4) is 0 Å².